The Kier molecular flexibility index (Phi) is 5.85. The molecule has 1 N–H and O–H groups in total. The minimum Gasteiger partial charge on any atom is -0.325 e. The Morgan fingerprint density at radius 1 is 0.970 bits per heavy atom. The van der Waals surface area contributed by atoms with Gasteiger partial charge in [0.05, 0.1) is 11.4 Å². The molecule has 3 heterocycles. The maximum Gasteiger partial charge on any atom is 0.234 e. The van der Waals surface area contributed by atoms with Crippen LogP contribution in [0.1, 0.15) is 0 Å². The highest BCUT2D eigenvalue weighted by Gasteiger charge is 2.17. The van der Waals surface area contributed by atoms with Gasteiger partial charge >= 0.3 is 0 Å². The summed E-state index contributed by atoms with van der Waals surface area (Å²) >= 11 is 1.31. The van der Waals surface area contributed by atoms with E-state index in [0.717, 1.165) is 16.9 Å². The summed E-state index contributed by atoms with van der Waals surface area (Å²) in [6.45, 7) is 0. The number of nitrogens with zero attached hydrogens (tertiary/aromatic N) is 8. The fourth-order valence-corrected chi connectivity index (χ4v) is 3.94. The Hall–Kier alpha value is -4.38. The molecule has 0 aliphatic rings. The number of amides is 1. The zero-order valence-electron chi connectivity index (χ0n) is 17.2. The van der Waals surface area contributed by atoms with E-state index in [1.807, 2.05) is 65.2 Å². The molecule has 11 heteroatoms. The van der Waals surface area contributed by atoms with E-state index in [0.29, 0.717) is 16.7 Å². The number of thioether (sulfide) groups is 1. The predicted molar refractivity (Wildman–Crippen MR) is 123 cm³/mol. The van der Waals surface area contributed by atoms with Crippen molar-refractivity contribution in [1.82, 2.24) is 40.0 Å². The van der Waals surface area contributed by atoms with Gasteiger partial charge in [0.15, 0.2) is 11.0 Å². The molecule has 0 fully saturated rings. The average molecular weight is 456 g/mol. The van der Waals surface area contributed by atoms with Crippen LogP contribution in [0.25, 0.3) is 22.8 Å². The van der Waals surface area contributed by atoms with E-state index in [-0.39, 0.29) is 11.7 Å². The molecule has 0 radical (unpaired) electrons. The number of carbonyl (C=O) groups excluding carboxylic acids is 1. The fourth-order valence-electron chi connectivity index (χ4n) is 3.19. The van der Waals surface area contributed by atoms with E-state index in [1.54, 1.807) is 18.5 Å². The third kappa shape index (κ3) is 4.62. The third-order valence-electron chi connectivity index (χ3n) is 4.64. The number of carbonyl (C=O) groups is 1. The second kappa shape index (κ2) is 9.40. The lowest BCUT2D eigenvalue weighted by atomic mass is 10.2. The van der Waals surface area contributed by atoms with Crippen molar-refractivity contribution in [3.05, 3.63) is 85.5 Å². The molecule has 5 rings (SSSR count). The minimum absolute atomic E-state index is 0.160. The van der Waals surface area contributed by atoms with Gasteiger partial charge in [-0.15, -0.1) is 15.3 Å². The van der Waals surface area contributed by atoms with Crippen LogP contribution >= 0.6 is 11.8 Å². The van der Waals surface area contributed by atoms with Gasteiger partial charge in [-0.25, -0.2) is 4.68 Å². The third-order valence-corrected chi connectivity index (χ3v) is 5.57. The fraction of sp³-hybridized carbons (Fsp3) is 0.0455. The van der Waals surface area contributed by atoms with Crippen molar-refractivity contribution < 1.29 is 4.79 Å². The first-order chi connectivity index (χ1) is 16.3. The van der Waals surface area contributed by atoms with Crippen LogP contribution in [0, 0.1) is 0 Å². The van der Waals surface area contributed by atoms with E-state index < -0.39 is 0 Å². The maximum atomic E-state index is 12.7. The number of rotatable bonds is 7. The molecule has 162 valence electrons. The lowest BCUT2D eigenvalue weighted by Crippen LogP contribution is -2.15. The summed E-state index contributed by atoms with van der Waals surface area (Å²) in [4.78, 5) is 16.8. The van der Waals surface area contributed by atoms with Gasteiger partial charge in [-0.05, 0) is 52.9 Å². The SMILES string of the molecule is O=C(CSc1nnc(-c2cccnc2)n1-c1ccccc1)Nc1cccc(-n2cnnn2)c1. The minimum atomic E-state index is -0.167. The van der Waals surface area contributed by atoms with Gasteiger partial charge in [0, 0.05) is 29.3 Å². The van der Waals surface area contributed by atoms with Crippen LogP contribution in [-0.2, 0) is 4.79 Å². The lowest BCUT2D eigenvalue weighted by molar-refractivity contribution is -0.113. The molecule has 0 aliphatic carbocycles. The Labute approximate surface area is 192 Å². The summed E-state index contributed by atoms with van der Waals surface area (Å²) in [5.74, 6) is 0.651. The number of hydrogen-bond acceptors (Lipinski definition) is 8. The van der Waals surface area contributed by atoms with E-state index in [2.05, 4.69) is 36.0 Å². The average Bonchev–Trinajstić information content (AvgIpc) is 3.55. The highest BCUT2D eigenvalue weighted by molar-refractivity contribution is 7.99. The normalized spacial score (nSPS) is 10.8. The topological polar surface area (TPSA) is 116 Å². The molecule has 33 heavy (non-hydrogen) atoms. The number of benzene rings is 2. The highest BCUT2D eigenvalue weighted by atomic mass is 32.2. The van der Waals surface area contributed by atoms with Gasteiger partial charge in [-0.3, -0.25) is 14.3 Å². The number of aromatic nitrogens is 8. The number of anilines is 1. The summed E-state index contributed by atoms with van der Waals surface area (Å²) in [6, 6.07) is 20.8. The van der Waals surface area contributed by atoms with Gasteiger partial charge in [-0.1, -0.05) is 36.0 Å². The number of tetrazole rings is 1. The molecule has 5 aromatic rings. The monoisotopic (exact) mass is 455 g/mol. The van der Waals surface area contributed by atoms with Crippen molar-refractivity contribution in [2.75, 3.05) is 11.1 Å². The van der Waals surface area contributed by atoms with Gasteiger partial charge in [0.1, 0.15) is 6.33 Å². The van der Waals surface area contributed by atoms with Crippen molar-refractivity contribution in [3.8, 4) is 22.8 Å². The molecular formula is C22H17N9OS. The summed E-state index contributed by atoms with van der Waals surface area (Å²) in [7, 11) is 0. The molecule has 2 aromatic carbocycles. The molecule has 0 bridgehead atoms. The van der Waals surface area contributed by atoms with E-state index in [4.69, 9.17) is 0 Å². The Balaban J connectivity index is 1.34. The Morgan fingerprint density at radius 3 is 2.64 bits per heavy atom. The zero-order chi connectivity index (χ0) is 22.5. The molecule has 3 aromatic heterocycles. The first-order valence-corrected chi connectivity index (χ1v) is 10.9. The lowest BCUT2D eigenvalue weighted by Gasteiger charge is -2.10. The first kappa shape index (κ1) is 20.5. The Bertz CT molecular complexity index is 1360. The molecule has 10 nitrogen and oxygen atoms in total. The van der Waals surface area contributed by atoms with Crippen LogP contribution < -0.4 is 5.32 Å². The van der Waals surface area contributed by atoms with Crippen LogP contribution in [0.15, 0.2) is 90.6 Å². The molecule has 0 saturated heterocycles. The standard InChI is InChI=1S/C22H17N9OS/c32-20(25-17-7-4-10-19(12-17)30-15-24-28-29-30)14-33-22-27-26-21(16-6-5-11-23-13-16)31(22)18-8-2-1-3-9-18/h1-13,15H,14H2,(H,25,32). The number of nitrogens with one attached hydrogen (secondary N) is 1. The number of para-hydroxylation sites is 1. The van der Waals surface area contributed by atoms with E-state index in [9.17, 15) is 4.79 Å². The van der Waals surface area contributed by atoms with Crippen molar-refractivity contribution in [2.24, 2.45) is 0 Å². The van der Waals surface area contributed by atoms with Crippen LogP contribution in [0.3, 0.4) is 0 Å². The van der Waals surface area contributed by atoms with Crippen molar-refractivity contribution >= 4 is 23.4 Å². The van der Waals surface area contributed by atoms with Crippen molar-refractivity contribution in [3.63, 3.8) is 0 Å². The Morgan fingerprint density at radius 2 is 1.85 bits per heavy atom. The predicted octanol–water partition coefficient (Wildman–Crippen LogP) is 3.04. The second-order valence-electron chi connectivity index (χ2n) is 6.86. The van der Waals surface area contributed by atoms with Gasteiger partial charge in [0.2, 0.25) is 5.91 Å². The quantitative estimate of drug-likeness (QED) is 0.372. The van der Waals surface area contributed by atoms with Crippen molar-refractivity contribution in [1.29, 1.82) is 0 Å². The van der Waals surface area contributed by atoms with Crippen LogP contribution in [0.5, 0.6) is 0 Å². The first-order valence-electron chi connectivity index (χ1n) is 9.95. The molecule has 0 unspecified atom stereocenters. The molecule has 0 aliphatic heterocycles. The molecule has 1 amide bonds. The van der Waals surface area contributed by atoms with Gasteiger partial charge in [0.25, 0.3) is 0 Å². The van der Waals surface area contributed by atoms with E-state index >= 15 is 0 Å². The summed E-state index contributed by atoms with van der Waals surface area (Å²) in [5.41, 5.74) is 3.13. The second-order valence-corrected chi connectivity index (χ2v) is 7.80. The largest absolute Gasteiger partial charge is 0.325 e. The highest BCUT2D eigenvalue weighted by Crippen LogP contribution is 2.27. The van der Waals surface area contributed by atoms with Gasteiger partial charge < -0.3 is 5.32 Å². The van der Waals surface area contributed by atoms with Crippen LogP contribution in [0.4, 0.5) is 5.69 Å². The molecule has 0 atom stereocenters. The van der Waals surface area contributed by atoms with Crippen molar-refractivity contribution in [2.45, 2.75) is 5.16 Å². The summed E-state index contributed by atoms with van der Waals surface area (Å²) in [6.07, 6.45) is 4.94. The molecule has 0 saturated carbocycles. The van der Waals surface area contributed by atoms with Crippen LogP contribution in [0.2, 0.25) is 0 Å². The number of pyridine rings is 1. The summed E-state index contributed by atoms with van der Waals surface area (Å²) < 4.78 is 3.44. The summed E-state index contributed by atoms with van der Waals surface area (Å²) in [5, 5.41) is 23.3. The van der Waals surface area contributed by atoms with E-state index in [1.165, 1.54) is 22.8 Å². The molecular weight excluding hydrogens is 438 g/mol. The number of hydrogen-bond donors (Lipinski definition) is 1. The zero-order valence-corrected chi connectivity index (χ0v) is 18.0. The van der Waals surface area contributed by atoms with Gasteiger partial charge in [-0.2, -0.15) is 0 Å². The maximum absolute atomic E-state index is 12.7. The molecule has 0 spiro atoms. The van der Waals surface area contributed by atoms with Crippen LogP contribution in [-0.4, -0.2) is 51.6 Å². The smallest absolute Gasteiger partial charge is 0.234 e.